The highest BCUT2D eigenvalue weighted by Crippen LogP contribution is 2.48. The number of hydrogen-bond donors (Lipinski definition) is 0. The molecule has 0 spiro atoms. The van der Waals surface area contributed by atoms with Gasteiger partial charge in [-0.15, -0.1) is 0 Å². The smallest absolute Gasteiger partial charge is 0.230 e. The average molecular weight is 313 g/mol. The molecule has 0 N–H and O–H groups in total. The minimum Gasteiger partial charge on any atom is -0.491 e. The third-order valence-electron chi connectivity index (χ3n) is 4.19. The van der Waals surface area contributed by atoms with Crippen LogP contribution in [-0.4, -0.2) is 28.8 Å². The maximum Gasteiger partial charge on any atom is 0.230 e. The lowest BCUT2D eigenvalue weighted by atomic mass is 10.2. The van der Waals surface area contributed by atoms with Crippen molar-refractivity contribution in [1.29, 1.82) is 0 Å². The van der Waals surface area contributed by atoms with Gasteiger partial charge in [-0.3, -0.25) is 9.48 Å². The molecule has 0 unspecified atom stereocenters. The minimum absolute atomic E-state index is 0.0655. The van der Waals surface area contributed by atoms with E-state index in [2.05, 4.69) is 5.10 Å². The lowest BCUT2D eigenvalue weighted by molar-refractivity contribution is -0.119. The second kappa shape index (κ2) is 6.07. The second-order valence-electron chi connectivity index (χ2n) is 6.45. The van der Waals surface area contributed by atoms with Crippen LogP contribution in [0.3, 0.4) is 0 Å². The molecule has 5 nitrogen and oxygen atoms in total. The van der Waals surface area contributed by atoms with E-state index in [1.165, 1.54) is 0 Å². The van der Waals surface area contributed by atoms with Crippen molar-refractivity contribution in [3.05, 3.63) is 42.2 Å². The van der Waals surface area contributed by atoms with Gasteiger partial charge in [0.2, 0.25) is 5.91 Å². The molecule has 2 aromatic rings. The maximum atomic E-state index is 12.6. The average Bonchev–Trinajstić information content (AvgIpc) is 3.20. The van der Waals surface area contributed by atoms with E-state index in [9.17, 15) is 4.79 Å². The van der Waals surface area contributed by atoms with E-state index in [4.69, 9.17) is 4.74 Å². The molecular formula is C18H23N3O2. The molecule has 0 saturated heterocycles. The van der Waals surface area contributed by atoms with Crippen molar-refractivity contribution in [2.45, 2.75) is 32.3 Å². The zero-order valence-corrected chi connectivity index (χ0v) is 14.1. The Hall–Kier alpha value is -2.30. The fourth-order valence-corrected chi connectivity index (χ4v) is 2.86. The number of benzene rings is 1. The molecule has 3 rings (SSSR count). The molecule has 1 saturated carbocycles. The Morgan fingerprint density at radius 2 is 2.04 bits per heavy atom. The number of anilines is 1. The fourth-order valence-electron chi connectivity index (χ4n) is 2.86. The first kappa shape index (κ1) is 15.6. The molecular weight excluding hydrogens is 290 g/mol. The molecule has 5 heteroatoms. The monoisotopic (exact) mass is 313 g/mol. The third kappa shape index (κ3) is 3.38. The van der Waals surface area contributed by atoms with Gasteiger partial charge in [-0.05, 0) is 56.0 Å². The lowest BCUT2D eigenvalue weighted by Crippen LogP contribution is -2.28. The standard InChI is InChI=1S/C18H23N3O2/c1-12(2)23-15-7-5-14(6-8-15)21(4)18(22)17-9-16(17)13-10-19-20(3)11-13/h5-8,10-12,16-17H,9H2,1-4H3/t16-,17+/m0/s1. The first-order valence-electron chi connectivity index (χ1n) is 7.98. The van der Waals surface area contributed by atoms with Crippen molar-refractivity contribution in [1.82, 2.24) is 9.78 Å². The summed E-state index contributed by atoms with van der Waals surface area (Å²) in [7, 11) is 3.73. The van der Waals surface area contributed by atoms with E-state index >= 15 is 0 Å². The molecule has 1 heterocycles. The van der Waals surface area contributed by atoms with Crippen LogP contribution in [0.5, 0.6) is 5.75 Å². The Balaban J connectivity index is 1.64. The molecule has 0 radical (unpaired) electrons. The van der Waals surface area contributed by atoms with E-state index < -0.39 is 0 Å². The van der Waals surface area contributed by atoms with Gasteiger partial charge in [0.25, 0.3) is 0 Å². The van der Waals surface area contributed by atoms with Crippen LogP contribution in [0.4, 0.5) is 5.69 Å². The summed E-state index contributed by atoms with van der Waals surface area (Å²) in [6, 6.07) is 7.67. The number of ether oxygens (including phenoxy) is 1. The van der Waals surface area contributed by atoms with Gasteiger partial charge in [-0.25, -0.2) is 0 Å². The summed E-state index contributed by atoms with van der Waals surface area (Å²) >= 11 is 0. The number of aryl methyl sites for hydroxylation is 1. The summed E-state index contributed by atoms with van der Waals surface area (Å²) in [5.74, 6) is 1.36. The number of rotatable bonds is 5. The zero-order chi connectivity index (χ0) is 16.6. The van der Waals surface area contributed by atoms with Gasteiger partial charge in [-0.2, -0.15) is 5.10 Å². The molecule has 0 aliphatic heterocycles. The number of nitrogens with zero attached hydrogens (tertiary/aromatic N) is 3. The second-order valence-corrected chi connectivity index (χ2v) is 6.45. The first-order valence-corrected chi connectivity index (χ1v) is 7.98. The van der Waals surface area contributed by atoms with E-state index in [-0.39, 0.29) is 17.9 Å². The van der Waals surface area contributed by atoms with Crippen molar-refractivity contribution in [3.8, 4) is 5.75 Å². The Labute approximate surface area is 136 Å². The Kier molecular flexibility index (Phi) is 4.11. The lowest BCUT2D eigenvalue weighted by Gasteiger charge is -2.18. The molecule has 2 atom stereocenters. The van der Waals surface area contributed by atoms with Gasteiger partial charge in [0.05, 0.1) is 12.3 Å². The van der Waals surface area contributed by atoms with E-state index in [0.29, 0.717) is 5.92 Å². The van der Waals surface area contributed by atoms with Gasteiger partial charge in [0, 0.05) is 31.9 Å². The van der Waals surface area contributed by atoms with Crippen LogP contribution < -0.4 is 9.64 Å². The molecule has 1 amide bonds. The van der Waals surface area contributed by atoms with Crippen LogP contribution in [0.1, 0.15) is 31.7 Å². The first-order chi connectivity index (χ1) is 11.0. The van der Waals surface area contributed by atoms with Crippen molar-refractivity contribution in [2.75, 3.05) is 11.9 Å². The zero-order valence-electron chi connectivity index (χ0n) is 14.1. The predicted octanol–water partition coefficient (Wildman–Crippen LogP) is 2.97. The molecule has 122 valence electrons. The topological polar surface area (TPSA) is 47.4 Å². The predicted molar refractivity (Wildman–Crippen MR) is 89.7 cm³/mol. The highest BCUT2D eigenvalue weighted by Gasteiger charge is 2.46. The van der Waals surface area contributed by atoms with Crippen molar-refractivity contribution in [3.63, 3.8) is 0 Å². The van der Waals surface area contributed by atoms with Crippen LogP contribution in [0.2, 0.25) is 0 Å². The highest BCUT2D eigenvalue weighted by molar-refractivity contribution is 5.97. The molecule has 1 aliphatic carbocycles. The van der Waals surface area contributed by atoms with E-state index in [0.717, 1.165) is 23.4 Å². The Bertz CT molecular complexity index is 691. The molecule has 1 aromatic heterocycles. The van der Waals surface area contributed by atoms with Gasteiger partial charge in [0.15, 0.2) is 0 Å². The van der Waals surface area contributed by atoms with Crippen LogP contribution in [0.25, 0.3) is 0 Å². The number of amides is 1. The van der Waals surface area contributed by atoms with Gasteiger partial charge in [-0.1, -0.05) is 0 Å². The molecule has 1 fully saturated rings. The Morgan fingerprint density at radius 1 is 1.35 bits per heavy atom. The van der Waals surface area contributed by atoms with Gasteiger partial charge >= 0.3 is 0 Å². The van der Waals surface area contributed by atoms with Crippen molar-refractivity contribution in [2.24, 2.45) is 13.0 Å². The van der Waals surface area contributed by atoms with Crippen LogP contribution >= 0.6 is 0 Å². The summed E-state index contributed by atoms with van der Waals surface area (Å²) in [6.07, 6.45) is 4.90. The van der Waals surface area contributed by atoms with Crippen molar-refractivity contribution >= 4 is 11.6 Å². The number of carbonyl (C=O) groups is 1. The fraction of sp³-hybridized carbons (Fsp3) is 0.444. The Morgan fingerprint density at radius 3 is 2.61 bits per heavy atom. The summed E-state index contributed by atoms with van der Waals surface area (Å²) in [5.41, 5.74) is 2.04. The third-order valence-corrected chi connectivity index (χ3v) is 4.19. The number of carbonyl (C=O) groups excluding carboxylic acids is 1. The molecule has 1 aromatic carbocycles. The highest BCUT2D eigenvalue weighted by atomic mass is 16.5. The normalized spacial score (nSPS) is 19.7. The van der Waals surface area contributed by atoms with Crippen LogP contribution in [0, 0.1) is 5.92 Å². The quantitative estimate of drug-likeness (QED) is 0.852. The number of hydrogen-bond acceptors (Lipinski definition) is 3. The van der Waals surface area contributed by atoms with E-state index in [1.807, 2.05) is 64.6 Å². The van der Waals surface area contributed by atoms with Crippen molar-refractivity contribution < 1.29 is 9.53 Å². The van der Waals surface area contributed by atoms with Gasteiger partial charge < -0.3 is 9.64 Å². The SMILES string of the molecule is CC(C)Oc1ccc(N(C)C(=O)[C@@H]2C[C@H]2c2cnn(C)c2)cc1. The summed E-state index contributed by atoms with van der Waals surface area (Å²) in [6.45, 7) is 3.99. The van der Waals surface area contributed by atoms with Crippen LogP contribution in [-0.2, 0) is 11.8 Å². The van der Waals surface area contributed by atoms with E-state index in [1.54, 1.807) is 9.58 Å². The summed E-state index contributed by atoms with van der Waals surface area (Å²) < 4.78 is 7.42. The molecule has 0 bridgehead atoms. The summed E-state index contributed by atoms with van der Waals surface area (Å²) in [4.78, 5) is 14.4. The largest absolute Gasteiger partial charge is 0.491 e. The molecule has 1 aliphatic rings. The van der Waals surface area contributed by atoms with Crippen LogP contribution in [0.15, 0.2) is 36.7 Å². The maximum absolute atomic E-state index is 12.6. The molecule has 23 heavy (non-hydrogen) atoms. The number of aromatic nitrogens is 2. The van der Waals surface area contributed by atoms with Gasteiger partial charge in [0.1, 0.15) is 5.75 Å². The minimum atomic E-state index is 0.0655. The summed E-state index contributed by atoms with van der Waals surface area (Å²) in [5, 5.41) is 4.19.